The first-order chi connectivity index (χ1) is 8.54. The molecule has 0 aliphatic carbocycles. The first-order valence-electron chi connectivity index (χ1n) is 4.98. The van der Waals surface area contributed by atoms with Gasteiger partial charge in [-0.1, -0.05) is 0 Å². The van der Waals surface area contributed by atoms with Crippen LogP contribution in [0.25, 0.3) is 0 Å². The number of amides is 3. The molecule has 0 spiro atoms. The fourth-order valence-corrected chi connectivity index (χ4v) is 1.09. The molecule has 0 atom stereocenters. The van der Waals surface area contributed by atoms with Crippen molar-refractivity contribution in [3.8, 4) is 0 Å². The third kappa shape index (κ3) is 3.74. The van der Waals surface area contributed by atoms with Crippen molar-refractivity contribution in [1.82, 2.24) is 15.6 Å². The summed E-state index contributed by atoms with van der Waals surface area (Å²) in [5.41, 5.74) is -0.216. The van der Waals surface area contributed by atoms with Crippen LogP contribution in [0.5, 0.6) is 0 Å². The van der Waals surface area contributed by atoms with E-state index in [9.17, 15) is 14.4 Å². The molecule has 0 saturated carbocycles. The van der Waals surface area contributed by atoms with Crippen LogP contribution in [0, 0.1) is 0 Å². The number of nitrogens with zero attached hydrogens (tertiary/aromatic N) is 1. The van der Waals surface area contributed by atoms with Crippen molar-refractivity contribution >= 4 is 23.6 Å². The molecule has 4 N–H and O–H groups in total. The molecular formula is C10H12N4O4. The number of hydrogen-bond donors (Lipinski definition) is 4. The Morgan fingerprint density at radius 2 is 2.11 bits per heavy atom. The predicted molar refractivity (Wildman–Crippen MR) is 62.3 cm³/mol. The Hall–Kier alpha value is -2.64. The second kappa shape index (κ2) is 6.18. The van der Waals surface area contributed by atoms with E-state index in [-0.39, 0.29) is 23.8 Å². The predicted octanol–water partition coefficient (Wildman–Crippen LogP) is -0.353. The monoisotopic (exact) mass is 252 g/mol. The highest BCUT2D eigenvalue weighted by molar-refractivity contribution is 5.99. The van der Waals surface area contributed by atoms with Gasteiger partial charge in [0.25, 0.3) is 0 Å². The van der Waals surface area contributed by atoms with Crippen molar-refractivity contribution in [3.05, 3.63) is 24.0 Å². The summed E-state index contributed by atoms with van der Waals surface area (Å²) < 4.78 is 0. The van der Waals surface area contributed by atoms with E-state index < -0.39 is 12.0 Å². The minimum Gasteiger partial charge on any atom is -0.476 e. The molecule has 0 radical (unpaired) electrons. The second-order valence-corrected chi connectivity index (χ2v) is 3.19. The zero-order valence-electron chi connectivity index (χ0n) is 9.56. The molecule has 0 fully saturated rings. The van der Waals surface area contributed by atoms with Crippen molar-refractivity contribution < 1.29 is 19.5 Å². The van der Waals surface area contributed by atoms with Crippen LogP contribution in [0.15, 0.2) is 18.3 Å². The Labute approximate surface area is 102 Å². The van der Waals surface area contributed by atoms with Crippen LogP contribution >= 0.6 is 0 Å². The normalized spacial score (nSPS) is 9.39. The van der Waals surface area contributed by atoms with Crippen LogP contribution in [0.3, 0.4) is 0 Å². The zero-order valence-corrected chi connectivity index (χ0v) is 9.56. The summed E-state index contributed by atoms with van der Waals surface area (Å²) in [4.78, 5) is 36.7. The van der Waals surface area contributed by atoms with Crippen molar-refractivity contribution in [2.75, 3.05) is 18.9 Å². The number of aromatic carboxylic acids is 1. The van der Waals surface area contributed by atoms with Gasteiger partial charge in [0.2, 0.25) is 5.91 Å². The molecule has 8 heteroatoms. The van der Waals surface area contributed by atoms with Gasteiger partial charge in [-0.05, 0) is 12.1 Å². The number of hydrogen-bond acceptors (Lipinski definition) is 4. The minimum absolute atomic E-state index is 0.0550. The van der Waals surface area contributed by atoms with Gasteiger partial charge in [0.15, 0.2) is 5.69 Å². The molecular weight excluding hydrogens is 240 g/mol. The highest BCUT2D eigenvalue weighted by atomic mass is 16.4. The smallest absolute Gasteiger partial charge is 0.356 e. The van der Waals surface area contributed by atoms with Crippen molar-refractivity contribution in [3.63, 3.8) is 0 Å². The molecule has 1 heterocycles. The Kier molecular flexibility index (Phi) is 4.61. The fourth-order valence-electron chi connectivity index (χ4n) is 1.09. The number of aromatic nitrogens is 1. The highest BCUT2D eigenvalue weighted by Crippen LogP contribution is 2.11. The number of likely N-dealkylation sites (N-methyl/N-ethyl adjacent to an activating group) is 1. The largest absolute Gasteiger partial charge is 0.476 e. The van der Waals surface area contributed by atoms with Crippen LogP contribution in [0.2, 0.25) is 0 Å². The third-order valence-corrected chi connectivity index (χ3v) is 1.95. The number of pyridine rings is 1. The molecule has 0 aliphatic heterocycles. The lowest BCUT2D eigenvalue weighted by Gasteiger charge is -2.08. The van der Waals surface area contributed by atoms with E-state index in [0.717, 1.165) is 0 Å². The lowest BCUT2D eigenvalue weighted by Crippen LogP contribution is -2.37. The molecule has 0 saturated heterocycles. The van der Waals surface area contributed by atoms with E-state index in [4.69, 9.17) is 5.11 Å². The second-order valence-electron chi connectivity index (χ2n) is 3.19. The molecule has 3 amide bonds. The Balaban J connectivity index is 2.65. The summed E-state index contributed by atoms with van der Waals surface area (Å²) in [5, 5.41) is 15.7. The maximum atomic E-state index is 11.4. The molecule has 1 aromatic heterocycles. The summed E-state index contributed by atoms with van der Waals surface area (Å²) in [6, 6.07) is 2.20. The van der Waals surface area contributed by atoms with Gasteiger partial charge in [0, 0.05) is 13.2 Å². The molecule has 8 nitrogen and oxygen atoms in total. The topological polar surface area (TPSA) is 120 Å². The van der Waals surface area contributed by atoms with E-state index in [1.54, 1.807) is 0 Å². The van der Waals surface area contributed by atoms with Gasteiger partial charge in [0.05, 0.1) is 12.2 Å². The van der Waals surface area contributed by atoms with E-state index in [1.807, 2.05) is 0 Å². The van der Waals surface area contributed by atoms with E-state index in [1.165, 1.54) is 25.4 Å². The number of nitrogens with one attached hydrogen (secondary N) is 3. The summed E-state index contributed by atoms with van der Waals surface area (Å²) in [5.74, 6) is -1.62. The van der Waals surface area contributed by atoms with Crippen LogP contribution < -0.4 is 16.0 Å². The van der Waals surface area contributed by atoms with Gasteiger partial charge >= 0.3 is 12.0 Å². The Morgan fingerprint density at radius 1 is 1.39 bits per heavy atom. The van der Waals surface area contributed by atoms with Gasteiger partial charge in [-0.2, -0.15) is 0 Å². The minimum atomic E-state index is -1.25. The first-order valence-corrected chi connectivity index (χ1v) is 4.98. The van der Waals surface area contributed by atoms with Gasteiger partial charge in [0.1, 0.15) is 0 Å². The van der Waals surface area contributed by atoms with Gasteiger partial charge in [-0.15, -0.1) is 0 Å². The summed E-state index contributed by atoms with van der Waals surface area (Å²) in [6.45, 7) is -0.203. The molecule has 18 heavy (non-hydrogen) atoms. The number of anilines is 1. The molecule has 0 bridgehead atoms. The molecule has 0 unspecified atom stereocenters. The van der Waals surface area contributed by atoms with E-state index >= 15 is 0 Å². The zero-order chi connectivity index (χ0) is 13.5. The van der Waals surface area contributed by atoms with Gasteiger partial charge in [-0.3, -0.25) is 4.79 Å². The molecule has 1 aromatic rings. The van der Waals surface area contributed by atoms with Crippen LogP contribution in [-0.4, -0.2) is 41.6 Å². The third-order valence-electron chi connectivity index (χ3n) is 1.95. The first kappa shape index (κ1) is 13.4. The van der Waals surface area contributed by atoms with Crippen molar-refractivity contribution in [1.29, 1.82) is 0 Å². The molecule has 1 rings (SSSR count). The number of urea groups is 1. The number of carboxylic acids is 1. The lowest BCUT2D eigenvalue weighted by atomic mass is 10.3. The Morgan fingerprint density at radius 3 is 2.72 bits per heavy atom. The molecule has 96 valence electrons. The number of carbonyl (C=O) groups is 3. The number of rotatable bonds is 4. The number of carbonyl (C=O) groups excluding carboxylic acids is 2. The Bertz CT molecular complexity index is 475. The van der Waals surface area contributed by atoms with Crippen molar-refractivity contribution in [2.24, 2.45) is 0 Å². The lowest BCUT2D eigenvalue weighted by molar-refractivity contribution is -0.119. The SMILES string of the molecule is CNC(=O)CNC(=O)Nc1cccnc1C(=O)O. The van der Waals surface area contributed by atoms with E-state index in [0.29, 0.717) is 0 Å². The summed E-state index contributed by atoms with van der Waals surface area (Å²) in [6.07, 6.45) is 1.30. The summed E-state index contributed by atoms with van der Waals surface area (Å²) in [7, 11) is 1.44. The standard InChI is InChI=1S/C10H12N4O4/c1-11-7(15)5-13-10(18)14-6-3-2-4-12-8(6)9(16)17/h2-4H,5H2,1H3,(H,11,15)(H,16,17)(H2,13,14,18). The average Bonchev–Trinajstić information content (AvgIpc) is 2.36. The van der Waals surface area contributed by atoms with Crippen molar-refractivity contribution in [2.45, 2.75) is 0 Å². The summed E-state index contributed by atoms with van der Waals surface area (Å²) >= 11 is 0. The van der Waals surface area contributed by atoms with Gasteiger partial charge < -0.3 is 21.1 Å². The van der Waals surface area contributed by atoms with Gasteiger partial charge in [-0.25, -0.2) is 14.6 Å². The number of carboxylic acid groups (broad SMARTS) is 1. The highest BCUT2D eigenvalue weighted by Gasteiger charge is 2.13. The van der Waals surface area contributed by atoms with Crippen LogP contribution in [-0.2, 0) is 4.79 Å². The fraction of sp³-hybridized carbons (Fsp3) is 0.200. The van der Waals surface area contributed by atoms with Crippen LogP contribution in [0.1, 0.15) is 10.5 Å². The maximum absolute atomic E-state index is 11.4. The van der Waals surface area contributed by atoms with Crippen LogP contribution in [0.4, 0.5) is 10.5 Å². The molecule has 0 aliphatic rings. The average molecular weight is 252 g/mol. The maximum Gasteiger partial charge on any atom is 0.356 e. The quantitative estimate of drug-likeness (QED) is 0.583. The van der Waals surface area contributed by atoms with E-state index in [2.05, 4.69) is 20.9 Å². The molecule has 0 aromatic carbocycles.